The smallest absolute Gasteiger partial charge is 0.376 e. The van der Waals surface area contributed by atoms with Gasteiger partial charge in [0.2, 0.25) is 0 Å². The number of carbonyl (C=O) groups is 2. The molecule has 0 saturated carbocycles. The highest BCUT2D eigenvalue weighted by Gasteiger charge is 2.61. The van der Waals surface area contributed by atoms with Gasteiger partial charge in [0.05, 0.1) is 0 Å². The van der Waals surface area contributed by atoms with Gasteiger partial charge in [-0.1, -0.05) is 27.7 Å². The zero-order chi connectivity index (χ0) is 42.2. The van der Waals surface area contributed by atoms with Gasteiger partial charge in [0.1, 0.15) is 22.7 Å². The SMILES string of the molecule is CCC(N(C(N)=O)C(CC)[Si](OC)(OC)OC)[Si](OC)(OC)OC.CCO[Si](OCC)(OCC)C(CC)N(C(N)=O)C(CC)[Si](OCC)(OCC)OCC. The second-order valence-electron chi connectivity index (χ2n) is 11.4. The molecule has 22 heteroatoms. The summed E-state index contributed by atoms with van der Waals surface area (Å²) in [6.45, 7) is 21.5. The fourth-order valence-electron chi connectivity index (χ4n) is 6.87. The Morgan fingerprint density at radius 2 is 0.556 bits per heavy atom. The maximum absolute atomic E-state index is 12.9. The second-order valence-corrected chi connectivity index (χ2v) is 23.1. The van der Waals surface area contributed by atoms with Crippen LogP contribution in [0.3, 0.4) is 0 Å². The first-order valence-electron chi connectivity index (χ1n) is 19.0. The molecule has 324 valence electrons. The Labute approximate surface area is 330 Å². The van der Waals surface area contributed by atoms with E-state index in [9.17, 15) is 9.59 Å². The van der Waals surface area contributed by atoms with Crippen molar-refractivity contribution in [2.45, 2.75) is 118 Å². The molecule has 0 aromatic carbocycles. The largest absolute Gasteiger partial charge is 0.524 e. The lowest BCUT2D eigenvalue weighted by Crippen LogP contribution is -2.72. The summed E-state index contributed by atoms with van der Waals surface area (Å²) in [4.78, 5) is 28.3. The maximum Gasteiger partial charge on any atom is 0.524 e. The van der Waals surface area contributed by atoms with E-state index in [0.717, 1.165) is 0 Å². The van der Waals surface area contributed by atoms with E-state index in [4.69, 9.17) is 64.6 Å². The van der Waals surface area contributed by atoms with Crippen molar-refractivity contribution in [2.75, 3.05) is 82.3 Å². The molecule has 0 radical (unpaired) electrons. The third kappa shape index (κ3) is 13.5. The number of hydrogen-bond donors (Lipinski definition) is 2. The summed E-state index contributed by atoms with van der Waals surface area (Å²) in [6.07, 6.45) is 2.12. The molecule has 18 nitrogen and oxygen atoms in total. The van der Waals surface area contributed by atoms with Crippen molar-refractivity contribution in [2.24, 2.45) is 11.5 Å². The molecular weight excluding hydrogens is 777 g/mol. The molecule has 0 rings (SSSR count). The summed E-state index contributed by atoms with van der Waals surface area (Å²) < 4.78 is 70.1. The zero-order valence-corrected chi connectivity index (χ0v) is 40.1. The molecule has 0 fully saturated rings. The quantitative estimate of drug-likeness (QED) is 0.0987. The summed E-state index contributed by atoms with van der Waals surface area (Å²) in [5.74, 6) is 0. The van der Waals surface area contributed by atoms with Gasteiger partial charge in [-0.05, 0) is 67.2 Å². The minimum Gasteiger partial charge on any atom is -0.376 e. The van der Waals surface area contributed by atoms with Crippen LogP contribution >= 0.6 is 0 Å². The van der Waals surface area contributed by atoms with E-state index in [2.05, 4.69) is 0 Å². The lowest BCUT2D eigenvalue weighted by atomic mass is 10.3. The molecule has 0 aliphatic rings. The van der Waals surface area contributed by atoms with Crippen molar-refractivity contribution in [3.05, 3.63) is 0 Å². The molecule has 0 heterocycles. The van der Waals surface area contributed by atoms with Crippen molar-refractivity contribution in [3.8, 4) is 0 Å². The van der Waals surface area contributed by atoms with Crippen molar-refractivity contribution in [3.63, 3.8) is 0 Å². The van der Waals surface area contributed by atoms with Crippen LogP contribution in [0.4, 0.5) is 9.59 Å². The van der Waals surface area contributed by atoms with E-state index >= 15 is 0 Å². The Bertz CT molecular complexity index is 895. The standard InChI is InChI=1S/C19H44N2O7Si2.C13H32N2O7Si2/c1-9-17(29(23-11-3,24-12-4)25-13-5)21(19(20)22)18(10-2)30(26-14-6,27-15-7)28-16-8;1-9-11(23(17-3,18-4)19-5)15(13(14)16)12(10-2)24(20-6,21-7)22-8/h17-18H,9-16H2,1-8H3,(H2,20,22);11-12H,9-10H2,1-8H3,(H2,14,16). The van der Waals surface area contributed by atoms with Gasteiger partial charge in [-0.15, -0.1) is 0 Å². The third-order valence-electron chi connectivity index (χ3n) is 8.81. The Hall–Kier alpha value is -1.07. The summed E-state index contributed by atoms with van der Waals surface area (Å²) >= 11 is 0. The minimum absolute atomic E-state index is 0.400. The topological polar surface area (TPSA) is 203 Å². The number of primary amides is 2. The van der Waals surface area contributed by atoms with Crippen LogP contribution in [-0.2, 0) is 53.1 Å². The van der Waals surface area contributed by atoms with Crippen LogP contribution in [0.1, 0.15) is 94.9 Å². The van der Waals surface area contributed by atoms with Crippen molar-refractivity contribution in [1.29, 1.82) is 0 Å². The monoisotopic (exact) mass is 852 g/mol. The van der Waals surface area contributed by atoms with Gasteiger partial charge in [-0.25, -0.2) is 9.59 Å². The van der Waals surface area contributed by atoms with E-state index in [1.165, 1.54) is 47.6 Å². The molecule has 0 spiro atoms. The van der Waals surface area contributed by atoms with Gasteiger partial charge < -0.3 is 74.4 Å². The lowest BCUT2D eigenvalue weighted by Gasteiger charge is -2.47. The second kappa shape index (κ2) is 28.3. The molecule has 0 aromatic heterocycles. The first-order valence-corrected chi connectivity index (χ1v) is 26.2. The average molecular weight is 853 g/mol. The van der Waals surface area contributed by atoms with Gasteiger partial charge in [0.25, 0.3) is 0 Å². The highest BCUT2D eigenvalue weighted by molar-refractivity contribution is 6.65. The zero-order valence-electron chi connectivity index (χ0n) is 36.1. The first-order chi connectivity index (χ1) is 25.7. The number of nitrogens with two attached hydrogens (primary N) is 2. The maximum atomic E-state index is 12.9. The number of nitrogens with zero attached hydrogens (tertiary/aromatic N) is 2. The molecule has 4 amide bonds. The molecule has 4 N–H and O–H groups in total. The van der Waals surface area contributed by atoms with Gasteiger partial charge >= 0.3 is 47.3 Å². The average Bonchev–Trinajstić information content (AvgIpc) is 3.15. The predicted molar refractivity (Wildman–Crippen MR) is 214 cm³/mol. The van der Waals surface area contributed by atoms with E-state index in [1.54, 1.807) is 4.90 Å². The normalized spacial score (nSPS) is 14.8. The summed E-state index contributed by atoms with van der Waals surface area (Å²) in [7, 11) is -4.00. The molecule has 4 unspecified atom stereocenters. The predicted octanol–water partition coefficient (Wildman–Crippen LogP) is 3.86. The van der Waals surface area contributed by atoms with Crippen LogP contribution in [-0.4, -0.2) is 162 Å². The molecular formula is C32H76N4O14Si4. The van der Waals surface area contributed by atoms with Crippen molar-refractivity contribution in [1.82, 2.24) is 9.80 Å². The Kier molecular flexibility index (Phi) is 28.9. The Morgan fingerprint density at radius 3 is 0.667 bits per heavy atom. The number of rotatable bonds is 30. The Morgan fingerprint density at radius 1 is 0.389 bits per heavy atom. The summed E-state index contributed by atoms with van der Waals surface area (Å²) in [5.41, 5.74) is 9.67. The van der Waals surface area contributed by atoms with Crippen LogP contribution in [0, 0.1) is 0 Å². The third-order valence-corrected chi connectivity index (χ3v) is 22.4. The van der Waals surface area contributed by atoms with E-state index in [0.29, 0.717) is 65.3 Å². The van der Waals surface area contributed by atoms with Gasteiger partial charge in [-0.2, -0.15) is 0 Å². The van der Waals surface area contributed by atoms with Gasteiger partial charge in [-0.3, -0.25) is 0 Å². The van der Waals surface area contributed by atoms with Crippen LogP contribution in [0.15, 0.2) is 0 Å². The van der Waals surface area contributed by atoms with E-state index in [-0.39, 0.29) is 0 Å². The van der Waals surface area contributed by atoms with Crippen LogP contribution in [0.5, 0.6) is 0 Å². The van der Waals surface area contributed by atoms with Crippen LogP contribution < -0.4 is 11.5 Å². The summed E-state index contributed by atoms with van der Waals surface area (Å²) in [6, 6.07) is -1.24. The molecule has 0 aliphatic carbocycles. The fourth-order valence-corrected chi connectivity index (χ4v) is 18.5. The molecule has 4 atom stereocenters. The molecule has 0 aromatic rings. The lowest BCUT2D eigenvalue weighted by molar-refractivity contribution is 0.0145. The fraction of sp³-hybridized carbons (Fsp3) is 0.938. The molecule has 0 saturated heterocycles. The van der Waals surface area contributed by atoms with Gasteiger partial charge in [0.15, 0.2) is 0 Å². The molecule has 0 aliphatic heterocycles. The summed E-state index contributed by atoms with van der Waals surface area (Å²) in [5, 5.41) is 0. The Balaban J connectivity index is 0. The van der Waals surface area contributed by atoms with Crippen LogP contribution in [0.2, 0.25) is 0 Å². The van der Waals surface area contributed by atoms with E-state index in [1.807, 2.05) is 69.2 Å². The van der Waals surface area contributed by atoms with Crippen molar-refractivity contribution >= 4 is 47.3 Å². The van der Waals surface area contributed by atoms with E-state index < -0.39 is 69.9 Å². The minimum atomic E-state index is -3.30. The van der Waals surface area contributed by atoms with Gasteiger partial charge in [0, 0.05) is 82.3 Å². The molecule has 54 heavy (non-hydrogen) atoms. The number of hydrogen-bond acceptors (Lipinski definition) is 14. The van der Waals surface area contributed by atoms with Crippen molar-refractivity contribution < 1.29 is 62.7 Å². The molecule has 0 bridgehead atoms. The number of amides is 4. The number of carbonyl (C=O) groups excluding carboxylic acids is 2. The van der Waals surface area contributed by atoms with Crippen LogP contribution in [0.25, 0.3) is 0 Å². The number of urea groups is 2. The highest BCUT2D eigenvalue weighted by Crippen LogP contribution is 2.32. The highest BCUT2D eigenvalue weighted by atomic mass is 28.4. The first kappa shape index (κ1) is 55.0.